The van der Waals surface area contributed by atoms with Crippen LogP contribution in [-0.2, 0) is 16.7 Å². The molecule has 0 aliphatic carbocycles. The van der Waals surface area contributed by atoms with Gasteiger partial charge in [-0.05, 0) is 43.5 Å². The Morgan fingerprint density at radius 3 is 2.48 bits per heavy atom. The van der Waals surface area contributed by atoms with E-state index in [0.717, 1.165) is 42.2 Å². The maximum atomic E-state index is 13.5. The molecule has 0 saturated carbocycles. The van der Waals surface area contributed by atoms with E-state index in [4.69, 9.17) is 14.5 Å². The predicted octanol–water partition coefficient (Wildman–Crippen LogP) is 4.60. The molecule has 0 radical (unpaired) electrons. The molecule has 1 aliphatic rings. The van der Waals surface area contributed by atoms with Crippen LogP contribution in [0.3, 0.4) is 0 Å². The average Bonchev–Trinajstić information content (AvgIpc) is 2.78. The highest BCUT2D eigenvalue weighted by atomic mass is 127. The number of benzene rings is 2. The number of nitrogens with zero attached hydrogens (tertiary/aromatic N) is 2. The second-order valence-corrected chi connectivity index (χ2v) is 7.74. The summed E-state index contributed by atoms with van der Waals surface area (Å²) in [6.45, 7) is 5.54. The van der Waals surface area contributed by atoms with E-state index in [2.05, 4.69) is 23.2 Å². The number of nitrogens with one attached hydrogen (secondary N) is 1. The first-order chi connectivity index (χ1) is 14.6. The standard InChI is InChI=1S/C24H32FN3O2.HI/c1-4-26-23(28(2)17-19-7-5-6-8-22(19)29-3)27-18-24(13-15-30-16-14-24)20-9-11-21(25)12-10-20;/h5-12H,4,13-18H2,1-3H3,(H,26,27);1H. The third-order valence-electron chi connectivity index (χ3n) is 5.73. The molecule has 0 spiro atoms. The van der Waals surface area contributed by atoms with E-state index >= 15 is 0 Å². The summed E-state index contributed by atoms with van der Waals surface area (Å²) in [5.74, 6) is 1.50. The number of rotatable bonds is 7. The van der Waals surface area contributed by atoms with E-state index in [1.807, 2.05) is 37.4 Å². The predicted molar refractivity (Wildman–Crippen MR) is 134 cm³/mol. The first-order valence-electron chi connectivity index (χ1n) is 10.5. The summed E-state index contributed by atoms with van der Waals surface area (Å²) in [7, 11) is 3.72. The zero-order valence-electron chi connectivity index (χ0n) is 18.6. The Morgan fingerprint density at radius 1 is 1.16 bits per heavy atom. The lowest BCUT2D eigenvalue weighted by atomic mass is 9.74. The molecule has 0 atom stereocenters. The fraction of sp³-hybridized carbons (Fsp3) is 0.458. The molecule has 0 amide bonds. The van der Waals surface area contributed by atoms with Crippen molar-refractivity contribution in [2.45, 2.75) is 31.7 Å². The lowest BCUT2D eigenvalue weighted by Gasteiger charge is -2.37. The van der Waals surface area contributed by atoms with Gasteiger partial charge in [0, 0.05) is 44.3 Å². The van der Waals surface area contributed by atoms with Gasteiger partial charge in [0.1, 0.15) is 11.6 Å². The van der Waals surface area contributed by atoms with E-state index < -0.39 is 0 Å². The Kier molecular flexibility index (Phi) is 10.0. The van der Waals surface area contributed by atoms with Crippen molar-refractivity contribution in [3.63, 3.8) is 0 Å². The van der Waals surface area contributed by atoms with Gasteiger partial charge in [0.05, 0.1) is 13.7 Å². The number of ether oxygens (including phenoxy) is 2. The van der Waals surface area contributed by atoms with Crippen molar-refractivity contribution in [1.29, 1.82) is 0 Å². The molecule has 0 aromatic heterocycles. The molecule has 31 heavy (non-hydrogen) atoms. The van der Waals surface area contributed by atoms with E-state index in [-0.39, 0.29) is 35.2 Å². The number of para-hydroxylation sites is 1. The van der Waals surface area contributed by atoms with Crippen molar-refractivity contribution >= 4 is 29.9 Å². The van der Waals surface area contributed by atoms with E-state index in [1.54, 1.807) is 7.11 Å². The van der Waals surface area contributed by atoms with Gasteiger partial charge in [0.15, 0.2) is 5.96 Å². The van der Waals surface area contributed by atoms with Gasteiger partial charge < -0.3 is 19.7 Å². The molecule has 2 aromatic carbocycles. The van der Waals surface area contributed by atoms with Gasteiger partial charge in [0.2, 0.25) is 0 Å². The van der Waals surface area contributed by atoms with Crippen LogP contribution >= 0.6 is 24.0 Å². The molecule has 1 heterocycles. The van der Waals surface area contributed by atoms with Crippen LogP contribution in [-0.4, -0.2) is 51.3 Å². The van der Waals surface area contributed by atoms with Crippen molar-refractivity contribution in [3.05, 3.63) is 65.5 Å². The van der Waals surface area contributed by atoms with Crippen LogP contribution in [0.1, 0.15) is 30.9 Å². The summed E-state index contributed by atoms with van der Waals surface area (Å²) in [4.78, 5) is 7.11. The smallest absolute Gasteiger partial charge is 0.193 e. The zero-order valence-corrected chi connectivity index (χ0v) is 20.9. The Balaban J connectivity index is 0.00000341. The molecule has 0 unspecified atom stereocenters. The lowest BCUT2D eigenvalue weighted by Crippen LogP contribution is -2.41. The minimum absolute atomic E-state index is 0. The van der Waals surface area contributed by atoms with Gasteiger partial charge >= 0.3 is 0 Å². The van der Waals surface area contributed by atoms with Crippen molar-refractivity contribution in [3.8, 4) is 5.75 Å². The number of guanidine groups is 1. The third-order valence-corrected chi connectivity index (χ3v) is 5.73. The minimum Gasteiger partial charge on any atom is -0.496 e. The molecule has 1 saturated heterocycles. The first kappa shape index (κ1) is 25.4. The van der Waals surface area contributed by atoms with E-state index in [9.17, 15) is 4.39 Å². The second-order valence-electron chi connectivity index (χ2n) is 7.74. The number of aliphatic imine (C=N–C) groups is 1. The summed E-state index contributed by atoms with van der Waals surface area (Å²) in [6, 6.07) is 14.9. The molecule has 0 bridgehead atoms. The van der Waals surface area contributed by atoms with Gasteiger partial charge in [-0.15, -0.1) is 24.0 Å². The van der Waals surface area contributed by atoms with Crippen molar-refractivity contribution in [2.75, 3.05) is 40.5 Å². The van der Waals surface area contributed by atoms with Crippen molar-refractivity contribution in [2.24, 2.45) is 4.99 Å². The molecule has 1 fully saturated rings. The number of hydrogen-bond donors (Lipinski definition) is 1. The Bertz CT molecular complexity index is 839. The maximum Gasteiger partial charge on any atom is 0.193 e. The van der Waals surface area contributed by atoms with Gasteiger partial charge in [-0.2, -0.15) is 0 Å². The molecule has 1 aliphatic heterocycles. The van der Waals surface area contributed by atoms with E-state index in [1.165, 1.54) is 12.1 Å². The van der Waals surface area contributed by atoms with Crippen LogP contribution in [0.4, 0.5) is 4.39 Å². The monoisotopic (exact) mass is 541 g/mol. The average molecular weight is 541 g/mol. The molecule has 2 aromatic rings. The number of methoxy groups -OCH3 is 1. The van der Waals surface area contributed by atoms with Crippen LogP contribution in [0, 0.1) is 5.82 Å². The minimum atomic E-state index is -0.214. The normalized spacial score (nSPS) is 15.7. The van der Waals surface area contributed by atoms with Gasteiger partial charge in [-0.3, -0.25) is 4.99 Å². The molecule has 7 heteroatoms. The number of halogens is 2. The van der Waals surface area contributed by atoms with Crippen molar-refractivity contribution in [1.82, 2.24) is 10.2 Å². The molecule has 3 rings (SSSR count). The maximum absolute atomic E-state index is 13.5. The molecule has 170 valence electrons. The Labute approximate surface area is 202 Å². The summed E-state index contributed by atoms with van der Waals surface area (Å²) < 4.78 is 24.6. The fourth-order valence-corrected chi connectivity index (χ4v) is 3.96. The van der Waals surface area contributed by atoms with Gasteiger partial charge in [-0.25, -0.2) is 4.39 Å². The van der Waals surface area contributed by atoms with Crippen LogP contribution in [0.15, 0.2) is 53.5 Å². The molecular formula is C24H33FIN3O2. The van der Waals surface area contributed by atoms with E-state index in [0.29, 0.717) is 26.3 Å². The van der Waals surface area contributed by atoms with Gasteiger partial charge in [0.25, 0.3) is 0 Å². The summed E-state index contributed by atoms with van der Waals surface area (Å²) in [6.07, 6.45) is 1.75. The first-order valence-corrected chi connectivity index (χ1v) is 10.5. The summed E-state index contributed by atoms with van der Waals surface area (Å²) >= 11 is 0. The SMILES string of the molecule is CCNC(=NCC1(c2ccc(F)cc2)CCOCC1)N(C)Cc1ccccc1OC.I. The molecule has 5 nitrogen and oxygen atoms in total. The largest absolute Gasteiger partial charge is 0.496 e. The van der Waals surface area contributed by atoms with Crippen LogP contribution in [0.25, 0.3) is 0 Å². The third kappa shape index (κ3) is 6.55. The second kappa shape index (κ2) is 12.2. The molecule has 1 N–H and O–H groups in total. The lowest BCUT2D eigenvalue weighted by molar-refractivity contribution is 0.0530. The highest BCUT2D eigenvalue weighted by Crippen LogP contribution is 2.35. The van der Waals surface area contributed by atoms with Crippen molar-refractivity contribution < 1.29 is 13.9 Å². The fourth-order valence-electron chi connectivity index (χ4n) is 3.96. The van der Waals surface area contributed by atoms with Gasteiger partial charge in [-0.1, -0.05) is 30.3 Å². The highest BCUT2D eigenvalue weighted by Gasteiger charge is 2.34. The van der Waals surface area contributed by atoms with Crippen LogP contribution in [0.2, 0.25) is 0 Å². The molecular weight excluding hydrogens is 508 g/mol. The summed E-state index contributed by atoms with van der Waals surface area (Å²) in [5.41, 5.74) is 2.09. The van der Waals surface area contributed by atoms with Crippen LogP contribution < -0.4 is 10.1 Å². The Hall–Kier alpha value is -1.87. The van der Waals surface area contributed by atoms with Crippen LogP contribution in [0.5, 0.6) is 5.75 Å². The highest BCUT2D eigenvalue weighted by molar-refractivity contribution is 14.0. The Morgan fingerprint density at radius 2 is 1.84 bits per heavy atom. The zero-order chi connectivity index (χ0) is 21.4. The number of hydrogen-bond acceptors (Lipinski definition) is 3. The topological polar surface area (TPSA) is 46.1 Å². The quantitative estimate of drug-likeness (QED) is 0.317. The summed E-state index contributed by atoms with van der Waals surface area (Å²) in [5, 5.41) is 3.40.